The molecule has 120 valence electrons. The monoisotopic (exact) mass is 318 g/mol. The summed E-state index contributed by atoms with van der Waals surface area (Å²) in [7, 11) is 0. The van der Waals surface area contributed by atoms with Gasteiger partial charge in [-0.05, 0) is 29.3 Å². The average molecular weight is 318 g/mol. The van der Waals surface area contributed by atoms with Crippen molar-refractivity contribution in [1.82, 2.24) is 9.88 Å². The first-order valence-corrected chi connectivity index (χ1v) is 8.29. The topological polar surface area (TPSA) is 16.1 Å². The van der Waals surface area contributed by atoms with Gasteiger partial charge in [0.2, 0.25) is 0 Å². The summed E-state index contributed by atoms with van der Waals surface area (Å²) in [4.78, 5) is 7.22. The van der Waals surface area contributed by atoms with E-state index in [0.29, 0.717) is 0 Å². The fourth-order valence-electron chi connectivity index (χ4n) is 3.26. The van der Waals surface area contributed by atoms with E-state index in [4.69, 9.17) is 4.98 Å². The summed E-state index contributed by atoms with van der Waals surface area (Å²) in [5, 5.41) is 0. The highest BCUT2D eigenvalue weighted by molar-refractivity contribution is 5.59. The normalized spacial score (nSPS) is 14.4. The van der Waals surface area contributed by atoms with Crippen molar-refractivity contribution in [3.63, 3.8) is 0 Å². The van der Waals surface area contributed by atoms with Crippen LogP contribution in [-0.2, 0) is 19.5 Å². The lowest BCUT2D eigenvalue weighted by Crippen LogP contribution is -2.30. The van der Waals surface area contributed by atoms with E-state index >= 15 is 0 Å². The second-order valence-corrected chi connectivity index (χ2v) is 6.26. The Balaban J connectivity index is 1.53. The number of rotatable bonds is 3. The molecule has 0 unspecified atom stereocenters. The molecule has 0 amide bonds. The fourth-order valence-corrected chi connectivity index (χ4v) is 3.26. The molecular weight excluding hydrogens is 299 g/mol. The molecule has 3 aromatic rings. The van der Waals surface area contributed by atoms with E-state index in [0.717, 1.165) is 43.0 Å². The molecular formula is C21H19FN2. The van der Waals surface area contributed by atoms with Crippen LogP contribution < -0.4 is 0 Å². The smallest absolute Gasteiger partial charge is 0.123 e. The van der Waals surface area contributed by atoms with Gasteiger partial charge in [-0.25, -0.2) is 4.39 Å². The number of pyridine rings is 1. The van der Waals surface area contributed by atoms with Crippen LogP contribution in [0.3, 0.4) is 0 Å². The molecule has 1 aromatic heterocycles. The quantitative estimate of drug-likeness (QED) is 0.709. The summed E-state index contributed by atoms with van der Waals surface area (Å²) in [6.07, 6.45) is 0.936. The van der Waals surface area contributed by atoms with E-state index < -0.39 is 0 Å². The number of fused-ring (bicyclic) bond motifs is 1. The van der Waals surface area contributed by atoms with Crippen LogP contribution in [0.25, 0.3) is 11.3 Å². The molecule has 2 nitrogen and oxygen atoms in total. The molecule has 4 rings (SSSR count). The average Bonchev–Trinajstić information content (AvgIpc) is 2.62. The van der Waals surface area contributed by atoms with Crippen molar-refractivity contribution in [1.29, 1.82) is 0 Å². The summed E-state index contributed by atoms with van der Waals surface area (Å²) < 4.78 is 13.4. The van der Waals surface area contributed by atoms with Crippen LogP contribution in [0, 0.1) is 5.82 Å². The molecule has 0 atom stereocenters. The van der Waals surface area contributed by atoms with Gasteiger partial charge >= 0.3 is 0 Å². The Bertz CT molecular complexity index is 845. The Kier molecular flexibility index (Phi) is 4.09. The van der Waals surface area contributed by atoms with E-state index in [9.17, 15) is 4.39 Å². The van der Waals surface area contributed by atoms with Gasteiger partial charge in [0.25, 0.3) is 0 Å². The van der Waals surface area contributed by atoms with Crippen LogP contribution in [0.1, 0.15) is 16.8 Å². The number of halogens is 1. The van der Waals surface area contributed by atoms with Crippen LogP contribution in [0.4, 0.5) is 4.39 Å². The number of aromatic nitrogens is 1. The molecule has 24 heavy (non-hydrogen) atoms. The molecule has 0 bridgehead atoms. The molecule has 0 saturated heterocycles. The SMILES string of the molecule is Fc1cccc(-c2ccc3c(n2)CCN(Cc2ccccc2)C3)c1. The van der Waals surface area contributed by atoms with Crippen LogP contribution >= 0.6 is 0 Å². The van der Waals surface area contributed by atoms with Crippen LogP contribution in [0.2, 0.25) is 0 Å². The molecule has 0 fully saturated rings. The van der Waals surface area contributed by atoms with E-state index in [1.54, 1.807) is 12.1 Å². The number of hydrogen-bond acceptors (Lipinski definition) is 2. The highest BCUT2D eigenvalue weighted by Crippen LogP contribution is 2.24. The van der Waals surface area contributed by atoms with Crippen molar-refractivity contribution in [3.05, 3.63) is 89.4 Å². The zero-order valence-corrected chi connectivity index (χ0v) is 13.5. The first kappa shape index (κ1) is 15.0. The maximum atomic E-state index is 13.4. The third-order valence-corrected chi connectivity index (χ3v) is 4.50. The van der Waals surface area contributed by atoms with E-state index in [1.165, 1.54) is 17.2 Å². The van der Waals surface area contributed by atoms with Crippen LogP contribution in [-0.4, -0.2) is 16.4 Å². The number of hydrogen-bond donors (Lipinski definition) is 0. The summed E-state index contributed by atoms with van der Waals surface area (Å²) in [6, 6.07) is 21.3. The lowest BCUT2D eigenvalue weighted by Gasteiger charge is -2.28. The van der Waals surface area contributed by atoms with Crippen LogP contribution in [0.15, 0.2) is 66.7 Å². The molecule has 3 heteroatoms. The molecule has 0 aliphatic carbocycles. The minimum Gasteiger partial charge on any atom is -0.294 e. The minimum absolute atomic E-state index is 0.221. The fraction of sp³-hybridized carbons (Fsp3) is 0.190. The second kappa shape index (κ2) is 6.54. The van der Waals surface area contributed by atoms with Crippen LogP contribution in [0.5, 0.6) is 0 Å². The highest BCUT2D eigenvalue weighted by atomic mass is 19.1. The predicted octanol–water partition coefficient (Wildman–Crippen LogP) is 4.45. The van der Waals surface area contributed by atoms with Crippen molar-refractivity contribution in [3.8, 4) is 11.3 Å². The maximum Gasteiger partial charge on any atom is 0.123 e. The van der Waals surface area contributed by atoms with E-state index in [2.05, 4.69) is 35.2 Å². The first-order valence-electron chi connectivity index (χ1n) is 8.29. The molecule has 1 aliphatic rings. The van der Waals surface area contributed by atoms with E-state index in [1.807, 2.05) is 18.2 Å². The molecule has 0 spiro atoms. The second-order valence-electron chi connectivity index (χ2n) is 6.26. The minimum atomic E-state index is -0.221. The van der Waals surface area contributed by atoms with Gasteiger partial charge in [0, 0.05) is 37.3 Å². The molecule has 1 aliphatic heterocycles. The Morgan fingerprint density at radius 3 is 2.67 bits per heavy atom. The highest BCUT2D eigenvalue weighted by Gasteiger charge is 2.18. The molecule has 0 saturated carbocycles. The van der Waals surface area contributed by atoms with Crippen molar-refractivity contribution in [2.24, 2.45) is 0 Å². The molecule has 2 aromatic carbocycles. The van der Waals surface area contributed by atoms with Crippen molar-refractivity contribution in [2.45, 2.75) is 19.5 Å². The van der Waals surface area contributed by atoms with Gasteiger partial charge in [-0.15, -0.1) is 0 Å². The zero-order valence-electron chi connectivity index (χ0n) is 13.5. The predicted molar refractivity (Wildman–Crippen MR) is 93.9 cm³/mol. The summed E-state index contributed by atoms with van der Waals surface area (Å²) in [6.45, 7) is 2.88. The van der Waals surface area contributed by atoms with Gasteiger partial charge in [-0.1, -0.05) is 48.5 Å². The molecule has 0 N–H and O–H groups in total. The number of nitrogens with zero attached hydrogens (tertiary/aromatic N) is 2. The molecule has 0 radical (unpaired) electrons. The van der Waals surface area contributed by atoms with Gasteiger partial charge in [0.15, 0.2) is 0 Å². The summed E-state index contributed by atoms with van der Waals surface area (Å²) in [5.41, 5.74) is 5.44. The standard InChI is InChI=1S/C21H19FN2/c22-19-8-4-7-17(13-19)20-10-9-18-15-24(12-11-21(18)23-20)14-16-5-2-1-3-6-16/h1-10,13H,11-12,14-15H2. The Morgan fingerprint density at radius 1 is 0.958 bits per heavy atom. The summed E-state index contributed by atoms with van der Waals surface area (Å²) >= 11 is 0. The summed E-state index contributed by atoms with van der Waals surface area (Å²) in [5.74, 6) is -0.221. The third-order valence-electron chi connectivity index (χ3n) is 4.50. The maximum absolute atomic E-state index is 13.4. The Morgan fingerprint density at radius 2 is 1.83 bits per heavy atom. The Labute approximate surface area is 141 Å². The lowest BCUT2D eigenvalue weighted by atomic mass is 10.0. The van der Waals surface area contributed by atoms with Gasteiger partial charge in [-0.3, -0.25) is 9.88 Å². The van der Waals surface area contributed by atoms with Gasteiger partial charge in [-0.2, -0.15) is 0 Å². The lowest BCUT2D eigenvalue weighted by molar-refractivity contribution is 0.243. The zero-order chi connectivity index (χ0) is 16.4. The largest absolute Gasteiger partial charge is 0.294 e. The van der Waals surface area contributed by atoms with E-state index in [-0.39, 0.29) is 5.82 Å². The van der Waals surface area contributed by atoms with Gasteiger partial charge in [0.1, 0.15) is 5.82 Å². The van der Waals surface area contributed by atoms with Gasteiger partial charge < -0.3 is 0 Å². The number of benzene rings is 2. The van der Waals surface area contributed by atoms with Crippen molar-refractivity contribution >= 4 is 0 Å². The third kappa shape index (κ3) is 3.22. The van der Waals surface area contributed by atoms with Crippen molar-refractivity contribution in [2.75, 3.05) is 6.54 Å². The molecule has 2 heterocycles. The van der Waals surface area contributed by atoms with Crippen molar-refractivity contribution < 1.29 is 4.39 Å². The van der Waals surface area contributed by atoms with Gasteiger partial charge in [0.05, 0.1) is 5.69 Å². The Hall–Kier alpha value is -2.52. The first-order chi connectivity index (χ1) is 11.8.